The second-order valence-electron chi connectivity index (χ2n) is 5.38. The van der Waals surface area contributed by atoms with Crippen LogP contribution in [0.15, 0.2) is 42.0 Å². The summed E-state index contributed by atoms with van der Waals surface area (Å²) < 4.78 is 29.0. The maximum absolute atomic E-state index is 6.11. The average Bonchev–Trinajstić information content (AvgIpc) is 3.04. The highest BCUT2D eigenvalue weighted by Gasteiger charge is 2.49. The fourth-order valence-electron chi connectivity index (χ4n) is 3.12. The zero-order valence-corrected chi connectivity index (χ0v) is 11.8. The minimum Gasteiger partial charge on any atom is -0.367 e. The highest BCUT2D eigenvalue weighted by Crippen LogP contribution is 2.39. The Kier molecular flexibility index (Phi) is 3.52. The van der Waals surface area contributed by atoms with Crippen LogP contribution in [-0.4, -0.2) is 44.9 Å². The number of rotatable bonds is 2. The van der Waals surface area contributed by atoms with E-state index in [-0.39, 0.29) is 30.9 Å². The van der Waals surface area contributed by atoms with E-state index in [1.807, 2.05) is 36.4 Å². The van der Waals surface area contributed by atoms with Crippen molar-refractivity contribution in [2.45, 2.75) is 30.9 Å². The first-order chi connectivity index (χ1) is 10.4. The van der Waals surface area contributed by atoms with Gasteiger partial charge >= 0.3 is 0 Å². The van der Waals surface area contributed by atoms with Gasteiger partial charge in [-0.3, -0.25) is 0 Å². The summed E-state index contributed by atoms with van der Waals surface area (Å²) >= 11 is 0. The van der Waals surface area contributed by atoms with Crippen molar-refractivity contribution in [3.8, 4) is 0 Å². The van der Waals surface area contributed by atoms with Gasteiger partial charge in [-0.15, -0.1) is 0 Å². The predicted octanol–water partition coefficient (Wildman–Crippen LogP) is 1.80. The Balaban J connectivity index is 1.56. The van der Waals surface area contributed by atoms with Gasteiger partial charge in [0.15, 0.2) is 12.6 Å². The van der Waals surface area contributed by atoms with Gasteiger partial charge in [-0.1, -0.05) is 36.4 Å². The van der Waals surface area contributed by atoms with Crippen LogP contribution in [0.1, 0.15) is 11.9 Å². The Morgan fingerprint density at radius 2 is 1.95 bits per heavy atom. The molecule has 2 saturated heterocycles. The fourth-order valence-corrected chi connectivity index (χ4v) is 3.12. The molecule has 1 aromatic carbocycles. The molecule has 3 heterocycles. The first-order valence-corrected chi connectivity index (χ1v) is 7.18. The van der Waals surface area contributed by atoms with Crippen molar-refractivity contribution >= 4 is 0 Å². The smallest absolute Gasteiger partial charge is 0.184 e. The predicted molar refractivity (Wildman–Crippen MR) is 73.5 cm³/mol. The summed E-state index contributed by atoms with van der Waals surface area (Å²) in [5, 5.41) is 0. The fraction of sp³-hybridized carbons (Fsp3) is 0.500. The quantitative estimate of drug-likeness (QED) is 0.777. The monoisotopic (exact) mass is 290 g/mol. The molecule has 112 valence electrons. The number of methoxy groups -OCH3 is 1. The molecule has 3 aliphatic heterocycles. The van der Waals surface area contributed by atoms with Crippen LogP contribution in [0.5, 0.6) is 0 Å². The Bertz CT molecular complexity index is 529. The van der Waals surface area contributed by atoms with Gasteiger partial charge in [-0.2, -0.15) is 0 Å². The Morgan fingerprint density at radius 1 is 1.10 bits per heavy atom. The van der Waals surface area contributed by atoms with Crippen LogP contribution in [0.25, 0.3) is 0 Å². The lowest BCUT2D eigenvalue weighted by atomic mass is 9.96. The Morgan fingerprint density at radius 3 is 2.76 bits per heavy atom. The van der Waals surface area contributed by atoms with Crippen molar-refractivity contribution in [1.82, 2.24) is 0 Å². The molecule has 0 bridgehead atoms. The molecule has 3 aliphatic rings. The van der Waals surface area contributed by atoms with Crippen LogP contribution >= 0.6 is 0 Å². The summed E-state index contributed by atoms with van der Waals surface area (Å²) in [6.45, 7) is 1.05. The molecule has 0 spiro atoms. The standard InChI is InChI=1S/C16H18O5/c1-17-16-11-7-8-18-13(11)14-12(20-16)9-19-15(21-14)10-5-3-2-4-6-10/h2-7,12-16H,8-9H2,1H3/t12-,13-,14-,15-,16+/m1/s1. The average molecular weight is 290 g/mol. The van der Waals surface area contributed by atoms with E-state index in [9.17, 15) is 0 Å². The minimum atomic E-state index is -0.374. The summed E-state index contributed by atoms with van der Waals surface area (Å²) in [6, 6.07) is 9.93. The van der Waals surface area contributed by atoms with Gasteiger partial charge in [0.1, 0.15) is 18.3 Å². The van der Waals surface area contributed by atoms with Gasteiger partial charge < -0.3 is 23.7 Å². The first-order valence-electron chi connectivity index (χ1n) is 7.18. The molecular formula is C16H18O5. The van der Waals surface area contributed by atoms with Gasteiger partial charge in [0.05, 0.1) is 13.2 Å². The number of hydrogen-bond donors (Lipinski definition) is 0. The highest BCUT2D eigenvalue weighted by molar-refractivity contribution is 5.23. The zero-order chi connectivity index (χ0) is 14.2. The third kappa shape index (κ3) is 2.31. The second-order valence-corrected chi connectivity index (χ2v) is 5.38. The van der Waals surface area contributed by atoms with E-state index >= 15 is 0 Å². The van der Waals surface area contributed by atoms with Crippen LogP contribution in [0.4, 0.5) is 0 Å². The summed E-state index contributed by atoms with van der Waals surface area (Å²) in [6.07, 6.45) is 0.841. The van der Waals surface area contributed by atoms with Crippen LogP contribution < -0.4 is 0 Å². The highest BCUT2D eigenvalue weighted by atomic mass is 16.7. The van der Waals surface area contributed by atoms with Crippen LogP contribution in [0.3, 0.4) is 0 Å². The van der Waals surface area contributed by atoms with Crippen LogP contribution in [0.2, 0.25) is 0 Å². The Hall–Kier alpha value is -1.24. The lowest BCUT2D eigenvalue weighted by Gasteiger charge is -2.45. The topological polar surface area (TPSA) is 46.2 Å². The van der Waals surface area contributed by atoms with E-state index < -0.39 is 0 Å². The SMILES string of the molecule is CO[C@H]1O[C@@H]2CO[C@@H](c3ccccc3)O[C@H]2[C@@H]2OCC=C12. The van der Waals surface area contributed by atoms with E-state index in [1.54, 1.807) is 7.11 Å². The molecule has 5 nitrogen and oxygen atoms in total. The molecule has 0 N–H and O–H groups in total. The van der Waals surface area contributed by atoms with E-state index in [0.29, 0.717) is 13.2 Å². The van der Waals surface area contributed by atoms with Crippen molar-refractivity contribution in [2.24, 2.45) is 0 Å². The van der Waals surface area contributed by atoms with Crippen molar-refractivity contribution in [3.05, 3.63) is 47.5 Å². The number of fused-ring (bicyclic) bond motifs is 3. The molecule has 21 heavy (non-hydrogen) atoms. The molecule has 5 atom stereocenters. The van der Waals surface area contributed by atoms with E-state index in [2.05, 4.69) is 0 Å². The van der Waals surface area contributed by atoms with Gasteiger partial charge in [0.25, 0.3) is 0 Å². The molecule has 0 aliphatic carbocycles. The van der Waals surface area contributed by atoms with Crippen molar-refractivity contribution < 1.29 is 23.7 Å². The largest absolute Gasteiger partial charge is 0.367 e. The number of ether oxygens (including phenoxy) is 5. The molecule has 0 aromatic heterocycles. The molecule has 0 amide bonds. The van der Waals surface area contributed by atoms with E-state index in [1.165, 1.54) is 0 Å². The van der Waals surface area contributed by atoms with Crippen molar-refractivity contribution in [2.75, 3.05) is 20.3 Å². The third-order valence-electron chi connectivity index (χ3n) is 4.14. The van der Waals surface area contributed by atoms with Gasteiger partial charge in [0.2, 0.25) is 0 Å². The molecule has 0 unspecified atom stereocenters. The van der Waals surface area contributed by atoms with Gasteiger partial charge in [0, 0.05) is 18.2 Å². The van der Waals surface area contributed by atoms with Crippen LogP contribution in [-0.2, 0) is 23.7 Å². The normalized spacial score (nSPS) is 38.5. The van der Waals surface area contributed by atoms with Gasteiger partial charge in [-0.25, -0.2) is 0 Å². The summed E-state index contributed by atoms with van der Waals surface area (Å²) in [7, 11) is 1.64. The second kappa shape index (κ2) is 5.51. The lowest BCUT2D eigenvalue weighted by molar-refractivity contribution is -0.318. The Labute approximate surface area is 123 Å². The summed E-state index contributed by atoms with van der Waals surface area (Å²) in [5.41, 5.74) is 2.03. The summed E-state index contributed by atoms with van der Waals surface area (Å²) in [5.74, 6) is 0. The maximum Gasteiger partial charge on any atom is 0.184 e. The van der Waals surface area contributed by atoms with E-state index in [0.717, 1.165) is 11.1 Å². The number of benzene rings is 1. The van der Waals surface area contributed by atoms with Crippen molar-refractivity contribution in [1.29, 1.82) is 0 Å². The third-order valence-corrected chi connectivity index (χ3v) is 4.14. The number of hydrogen-bond acceptors (Lipinski definition) is 5. The molecule has 0 radical (unpaired) electrons. The minimum absolute atomic E-state index is 0.108. The lowest BCUT2D eigenvalue weighted by Crippen LogP contribution is -2.56. The van der Waals surface area contributed by atoms with Crippen LogP contribution in [0, 0.1) is 0 Å². The molecule has 0 saturated carbocycles. The molecule has 1 aromatic rings. The molecule has 4 rings (SSSR count). The van der Waals surface area contributed by atoms with Crippen molar-refractivity contribution in [3.63, 3.8) is 0 Å². The first kappa shape index (κ1) is 13.4. The molecular weight excluding hydrogens is 272 g/mol. The maximum atomic E-state index is 6.11. The van der Waals surface area contributed by atoms with E-state index in [4.69, 9.17) is 23.7 Å². The molecule has 2 fully saturated rings. The molecule has 5 heteroatoms. The van der Waals surface area contributed by atoms with Gasteiger partial charge in [-0.05, 0) is 0 Å². The summed E-state index contributed by atoms with van der Waals surface area (Å²) in [4.78, 5) is 0. The zero-order valence-electron chi connectivity index (χ0n) is 11.8.